The molecule has 0 saturated carbocycles. The molecule has 1 aliphatic rings. The van der Waals surface area contributed by atoms with Gasteiger partial charge in [-0.3, -0.25) is 4.79 Å². The number of anilines is 1. The summed E-state index contributed by atoms with van der Waals surface area (Å²) in [6, 6.07) is 13.4. The van der Waals surface area contributed by atoms with Crippen LogP contribution in [0.2, 0.25) is 5.02 Å². The maximum Gasteiger partial charge on any atom is 0.244 e. The SMILES string of the molecule is O=C(/C=C/c1ccccc1Cl)NC1CCN(c2ccccn2)C1. The van der Waals surface area contributed by atoms with E-state index in [2.05, 4.69) is 15.2 Å². The number of carbonyl (C=O) groups excluding carboxylic acids is 1. The van der Waals surface area contributed by atoms with Crippen LogP contribution in [0.3, 0.4) is 0 Å². The van der Waals surface area contributed by atoms with E-state index >= 15 is 0 Å². The summed E-state index contributed by atoms with van der Waals surface area (Å²) in [6.07, 6.45) is 5.98. The summed E-state index contributed by atoms with van der Waals surface area (Å²) >= 11 is 6.07. The topological polar surface area (TPSA) is 45.2 Å². The highest BCUT2D eigenvalue weighted by Gasteiger charge is 2.23. The molecule has 118 valence electrons. The first-order valence-corrected chi connectivity index (χ1v) is 7.99. The molecule has 1 aromatic heterocycles. The van der Waals surface area contributed by atoms with Gasteiger partial charge in [0.05, 0.1) is 0 Å². The molecular weight excluding hydrogens is 310 g/mol. The number of pyridine rings is 1. The molecule has 1 amide bonds. The van der Waals surface area contributed by atoms with Crippen molar-refractivity contribution in [3.63, 3.8) is 0 Å². The number of aromatic nitrogens is 1. The van der Waals surface area contributed by atoms with Crippen LogP contribution in [0, 0.1) is 0 Å². The van der Waals surface area contributed by atoms with Gasteiger partial charge in [0.15, 0.2) is 0 Å². The van der Waals surface area contributed by atoms with Crippen molar-refractivity contribution in [1.82, 2.24) is 10.3 Å². The van der Waals surface area contributed by atoms with Gasteiger partial charge in [-0.05, 0) is 36.3 Å². The normalized spacial score (nSPS) is 17.6. The van der Waals surface area contributed by atoms with Gasteiger partial charge < -0.3 is 10.2 Å². The third kappa shape index (κ3) is 4.11. The van der Waals surface area contributed by atoms with Crippen molar-refractivity contribution in [3.8, 4) is 0 Å². The molecule has 4 nitrogen and oxygen atoms in total. The molecule has 3 rings (SSSR count). The highest BCUT2D eigenvalue weighted by atomic mass is 35.5. The summed E-state index contributed by atoms with van der Waals surface area (Å²) in [5, 5.41) is 3.67. The minimum absolute atomic E-state index is 0.0993. The second kappa shape index (κ2) is 7.29. The van der Waals surface area contributed by atoms with Gasteiger partial charge >= 0.3 is 0 Å². The molecule has 1 unspecified atom stereocenters. The minimum Gasteiger partial charge on any atom is -0.354 e. The molecular formula is C18H18ClN3O. The smallest absolute Gasteiger partial charge is 0.244 e. The van der Waals surface area contributed by atoms with Gasteiger partial charge in [-0.25, -0.2) is 4.98 Å². The molecule has 0 bridgehead atoms. The van der Waals surface area contributed by atoms with Crippen molar-refractivity contribution < 1.29 is 4.79 Å². The van der Waals surface area contributed by atoms with Crippen molar-refractivity contribution in [2.24, 2.45) is 0 Å². The molecule has 5 heteroatoms. The van der Waals surface area contributed by atoms with Crippen LogP contribution in [0.4, 0.5) is 5.82 Å². The predicted molar refractivity (Wildman–Crippen MR) is 93.5 cm³/mol. The Morgan fingerprint density at radius 1 is 1.26 bits per heavy atom. The highest BCUT2D eigenvalue weighted by Crippen LogP contribution is 2.18. The number of nitrogens with zero attached hydrogens (tertiary/aromatic N) is 2. The Morgan fingerprint density at radius 3 is 2.87 bits per heavy atom. The van der Waals surface area contributed by atoms with Gasteiger partial charge in [-0.2, -0.15) is 0 Å². The van der Waals surface area contributed by atoms with Gasteiger partial charge in [0, 0.05) is 36.4 Å². The Labute approximate surface area is 140 Å². The Bertz CT molecular complexity index is 702. The Morgan fingerprint density at radius 2 is 2.09 bits per heavy atom. The molecule has 2 aromatic rings. The lowest BCUT2D eigenvalue weighted by Crippen LogP contribution is -2.36. The summed E-state index contributed by atoms with van der Waals surface area (Å²) in [5.41, 5.74) is 0.839. The van der Waals surface area contributed by atoms with E-state index in [4.69, 9.17) is 11.6 Å². The molecule has 1 fully saturated rings. The molecule has 2 heterocycles. The zero-order valence-electron chi connectivity index (χ0n) is 12.7. The molecule has 1 saturated heterocycles. The quantitative estimate of drug-likeness (QED) is 0.877. The molecule has 23 heavy (non-hydrogen) atoms. The van der Waals surface area contributed by atoms with Gasteiger partial charge in [-0.1, -0.05) is 35.9 Å². The lowest BCUT2D eigenvalue weighted by molar-refractivity contribution is -0.117. The number of hydrogen-bond acceptors (Lipinski definition) is 3. The molecule has 0 spiro atoms. The third-order valence-corrected chi connectivity index (χ3v) is 4.17. The van der Waals surface area contributed by atoms with Crippen LogP contribution in [0.15, 0.2) is 54.7 Å². The maximum absolute atomic E-state index is 12.1. The largest absolute Gasteiger partial charge is 0.354 e. The van der Waals surface area contributed by atoms with Crippen molar-refractivity contribution >= 4 is 29.4 Å². The van der Waals surface area contributed by atoms with E-state index in [9.17, 15) is 4.79 Å². The van der Waals surface area contributed by atoms with Crippen molar-refractivity contribution in [2.45, 2.75) is 12.5 Å². The molecule has 1 aliphatic heterocycles. The number of nitrogens with one attached hydrogen (secondary N) is 1. The first kappa shape index (κ1) is 15.6. The fraction of sp³-hybridized carbons (Fsp3) is 0.222. The van der Waals surface area contributed by atoms with E-state index in [0.29, 0.717) is 5.02 Å². The second-order valence-corrected chi connectivity index (χ2v) is 5.89. The Hall–Kier alpha value is -2.33. The van der Waals surface area contributed by atoms with Crippen LogP contribution < -0.4 is 10.2 Å². The van der Waals surface area contributed by atoms with E-state index < -0.39 is 0 Å². The Kier molecular flexibility index (Phi) is 4.93. The Balaban J connectivity index is 1.54. The van der Waals surface area contributed by atoms with Crippen LogP contribution in [-0.2, 0) is 4.79 Å². The number of hydrogen-bond donors (Lipinski definition) is 1. The second-order valence-electron chi connectivity index (χ2n) is 5.48. The van der Waals surface area contributed by atoms with Gasteiger partial charge in [0.2, 0.25) is 5.91 Å². The van der Waals surface area contributed by atoms with Crippen molar-refractivity contribution in [1.29, 1.82) is 0 Å². The highest BCUT2D eigenvalue weighted by molar-refractivity contribution is 6.32. The average molecular weight is 328 g/mol. The van der Waals surface area contributed by atoms with E-state index in [1.807, 2.05) is 36.4 Å². The first-order chi connectivity index (χ1) is 11.2. The monoisotopic (exact) mass is 327 g/mol. The van der Waals surface area contributed by atoms with Crippen LogP contribution in [0.5, 0.6) is 0 Å². The van der Waals surface area contributed by atoms with Gasteiger partial charge in [0.25, 0.3) is 0 Å². The number of rotatable bonds is 4. The molecule has 1 N–H and O–H groups in total. The zero-order valence-corrected chi connectivity index (χ0v) is 13.4. The molecule has 0 radical (unpaired) electrons. The van der Waals surface area contributed by atoms with Crippen LogP contribution in [0.1, 0.15) is 12.0 Å². The summed E-state index contributed by atoms with van der Waals surface area (Å²) in [4.78, 5) is 18.6. The summed E-state index contributed by atoms with van der Waals surface area (Å²) in [5.74, 6) is 0.855. The van der Waals surface area contributed by atoms with Crippen LogP contribution in [-0.4, -0.2) is 30.0 Å². The number of benzene rings is 1. The van der Waals surface area contributed by atoms with E-state index in [0.717, 1.165) is 30.9 Å². The van der Waals surface area contributed by atoms with Gasteiger partial charge in [0.1, 0.15) is 5.82 Å². The number of carbonyl (C=O) groups is 1. The van der Waals surface area contributed by atoms with Crippen LogP contribution in [0.25, 0.3) is 6.08 Å². The number of halogens is 1. The van der Waals surface area contributed by atoms with E-state index in [1.54, 1.807) is 18.3 Å². The van der Waals surface area contributed by atoms with E-state index in [-0.39, 0.29) is 11.9 Å². The summed E-state index contributed by atoms with van der Waals surface area (Å²) in [7, 11) is 0. The third-order valence-electron chi connectivity index (χ3n) is 3.83. The predicted octanol–water partition coefficient (Wildman–Crippen LogP) is 3.14. The van der Waals surface area contributed by atoms with E-state index in [1.165, 1.54) is 6.08 Å². The lowest BCUT2D eigenvalue weighted by atomic mass is 10.2. The fourth-order valence-electron chi connectivity index (χ4n) is 2.65. The molecule has 1 atom stereocenters. The average Bonchev–Trinajstić information content (AvgIpc) is 3.03. The van der Waals surface area contributed by atoms with Crippen molar-refractivity contribution in [3.05, 3.63) is 65.3 Å². The van der Waals surface area contributed by atoms with Gasteiger partial charge in [-0.15, -0.1) is 0 Å². The first-order valence-electron chi connectivity index (χ1n) is 7.61. The fourth-order valence-corrected chi connectivity index (χ4v) is 2.85. The maximum atomic E-state index is 12.1. The number of amides is 1. The molecule has 0 aliphatic carbocycles. The summed E-state index contributed by atoms with van der Waals surface area (Å²) < 4.78 is 0. The van der Waals surface area contributed by atoms with Crippen LogP contribution >= 0.6 is 11.6 Å². The van der Waals surface area contributed by atoms with Crippen molar-refractivity contribution in [2.75, 3.05) is 18.0 Å². The minimum atomic E-state index is -0.0993. The standard InChI is InChI=1S/C18H18ClN3O/c19-16-6-2-1-5-14(16)8-9-18(23)21-15-10-12-22(13-15)17-7-3-4-11-20-17/h1-9,11,15H,10,12-13H2,(H,21,23)/b9-8+. The lowest BCUT2D eigenvalue weighted by Gasteiger charge is -2.17. The molecule has 1 aromatic carbocycles. The zero-order chi connectivity index (χ0) is 16.1. The summed E-state index contributed by atoms with van der Waals surface area (Å²) in [6.45, 7) is 1.68.